The van der Waals surface area contributed by atoms with Crippen LogP contribution >= 0.6 is 0 Å². The van der Waals surface area contributed by atoms with Gasteiger partial charge in [-0.3, -0.25) is 0 Å². The molecule has 3 N–H and O–H groups in total. The summed E-state index contributed by atoms with van der Waals surface area (Å²) in [4.78, 5) is 10.6. The molecule has 0 unspecified atom stereocenters. The maximum absolute atomic E-state index is 6.03. The lowest BCUT2D eigenvalue weighted by Gasteiger charge is -2.31. The number of hydrogen-bond donors (Lipinski definition) is 2. The van der Waals surface area contributed by atoms with Crippen LogP contribution in [0.15, 0.2) is 6.33 Å². The van der Waals surface area contributed by atoms with Crippen LogP contribution in [-0.2, 0) is 0 Å². The Kier molecular flexibility index (Phi) is 3.12. The number of nitrogen functional groups attached to an aromatic ring is 1. The lowest BCUT2D eigenvalue weighted by atomic mass is 9.99. The van der Waals surface area contributed by atoms with Gasteiger partial charge in [-0.05, 0) is 18.8 Å². The smallest absolute Gasteiger partial charge is 0.157 e. The van der Waals surface area contributed by atoms with Gasteiger partial charge in [-0.2, -0.15) is 0 Å². The fourth-order valence-electron chi connectivity index (χ4n) is 2.06. The summed E-state index contributed by atoms with van der Waals surface area (Å²) in [6.07, 6.45) is 3.98. The third-order valence-corrected chi connectivity index (χ3v) is 3.18. The second-order valence-corrected chi connectivity index (χ2v) is 4.38. The summed E-state index contributed by atoms with van der Waals surface area (Å²) < 4.78 is 0. The molecule has 1 saturated heterocycles. The Morgan fingerprint density at radius 2 is 2.06 bits per heavy atom. The highest BCUT2D eigenvalue weighted by atomic mass is 15.2. The number of piperidine rings is 1. The van der Waals surface area contributed by atoms with Gasteiger partial charge in [-0.25, -0.2) is 9.97 Å². The van der Waals surface area contributed by atoms with Crippen LogP contribution in [0.4, 0.5) is 17.3 Å². The summed E-state index contributed by atoms with van der Waals surface area (Å²) in [7, 11) is 1.82. The highest BCUT2D eigenvalue weighted by Gasteiger charge is 2.19. The molecule has 0 bridgehead atoms. The van der Waals surface area contributed by atoms with Crippen molar-refractivity contribution in [3.8, 4) is 0 Å². The average Bonchev–Trinajstić information content (AvgIpc) is 2.31. The van der Waals surface area contributed by atoms with Crippen LogP contribution in [0.1, 0.15) is 19.8 Å². The van der Waals surface area contributed by atoms with E-state index in [1.165, 1.54) is 12.8 Å². The molecular formula is C11H19N5. The molecule has 0 radical (unpaired) electrons. The molecule has 0 spiro atoms. The van der Waals surface area contributed by atoms with E-state index in [1.54, 1.807) is 6.33 Å². The lowest BCUT2D eigenvalue weighted by molar-refractivity contribution is 0.437. The van der Waals surface area contributed by atoms with Crippen molar-refractivity contribution in [2.45, 2.75) is 19.8 Å². The van der Waals surface area contributed by atoms with E-state index in [2.05, 4.69) is 27.1 Å². The molecule has 1 aliphatic rings. The van der Waals surface area contributed by atoms with Crippen molar-refractivity contribution in [3.63, 3.8) is 0 Å². The molecule has 0 amide bonds. The molecule has 1 fully saturated rings. The monoisotopic (exact) mass is 221 g/mol. The van der Waals surface area contributed by atoms with Gasteiger partial charge in [-0.15, -0.1) is 0 Å². The first kappa shape index (κ1) is 11.0. The van der Waals surface area contributed by atoms with Crippen LogP contribution in [0.2, 0.25) is 0 Å². The Morgan fingerprint density at radius 3 is 2.69 bits per heavy atom. The summed E-state index contributed by atoms with van der Waals surface area (Å²) >= 11 is 0. The Morgan fingerprint density at radius 1 is 1.38 bits per heavy atom. The normalized spacial score (nSPS) is 17.5. The van der Waals surface area contributed by atoms with Crippen LogP contribution in [0.3, 0.4) is 0 Å². The van der Waals surface area contributed by atoms with Crippen molar-refractivity contribution >= 4 is 17.3 Å². The molecule has 88 valence electrons. The lowest BCUT2D eigenvalue weighted by Crippen LogP contribution is -2.34. The number of nitrogens with one attached hydrogen (secondary N) is 1. The standard InChI is InChI=1S/C11H19N5/c1-8-3-5-16(6-4-8)11-9(12)10(13-2)14-7-15-11/h7-8H,3-6,12H2,1-2H3,(H,13,14,15). The van der Waals surface area contributed by atoms with Crippen LogP contribution < -0.4 is 16.0 Å². The molecule has 0 saturated carbocycles. The number of nitrogens with two attached hydrogens (primary N) is 1. The van der Waals surface area contributed by atoms with Gasteiger partial charge < -0.3 is 16.0 Å². The predicted molar refractivity (Wildman–Crippen MR) is 66.6 cm³/mol. The van der Waals surface area contributed by atoms with Gasteiger partial charge in [0.05, 0.1) is 0 Å². The first-order chi connectivity index (χ1) is 7.72. The average molecular weight is 221 g/mol. The van der Waals surface area contributed by atoms with E-state index in [0.717, 1.165) is 24.8 Å². The van der Waals surface area contributed by atoms with Crippen molar-refractivity contribution in [2.24, 2.45) is 5.92 Å². The van der Waals surface area contributed by atoms with Gasteiger partial charge >= 0.3 is 0 Å². The van der Waals surface area contributed by atoms with E-state index in [1.807, 2.05) is 7.05 Å². The Bertz CT molecular complexity index is 357. The van der Waals surface area contributed by atoms with E-state index in [0.29, 0.717) is 11.5 Å². The SMILES string of the molecule is CNc1ncnc(N2CCC(C)CC2)c1N. The number of nitrogens with zero attached hydrogens (tertiary/aromatic N) is 3. The molecule has 1 aromatic rings. The molecule has 5 heteroatoms. The van der Waals surface area contributed by atoms with Crippen LogP contribution in [0.5, 0.6) is 0 Å². The highest BCUT2D eigenvalue weighted by molar-refractivity contribution is 5.74. The number of anilines is 3. The summed E-state index contributed by atoms with van der Waals surface area (Å²) in [6, 6.07) is 0. The summed E-state index contributed by atoms with van der Waals surface area (Å²) in [5, 5.41) is 2.98. The minimum absolute atomic E-state index is 0.652. The van der Waals surface area contributed by atoms with Crippen molar-refractivity contribution < 1.29 is 0 Å². The van der Waals surface area contributed by atoms with E-state index in [9.17, 15) is 0 Å². The van der Waals surface area contributed by atoms with Gasteiger partial charge in [-0.1, -0.05) is 6.92 Å². The maximum atomic E-state index is 6.03. The molecule has 16 heavy (non-hydrogen) atoms. The summed E-state index contributed by atoms with van der Waals surface area (Å²) in [5.41, 5.74) is 6.68. The van der Waals surface area contributed by atoms with Gasteiger partial charge in [0.1, 0.15) is 12.0 Å². The predicted octanol–water partition coefficient (Wildman–Crippen LogP) is 1.34. The van der Waals surface area contributed by atoms with Crippen LogP contribution in [0.25, 0.3) is 0 Å². The van der Waals surface area contributed by atoms with E-state index in [4.69, 9.17) is 5.73 Å². The van der Waals surface area contributed by atoms with Gasteiger partial charge in [0.15, 0.2) is 11.6 Å². The molecule has 0 aliphatic carbocycles. The molecular weight excluding hydrogens is 202 g/mol. The molecule has 1 aromatic heterocycles. The minimum Gasteiger partial charge on any atom is -0.393 e. The summed E-state index contributed by atoms with van der Waals surface area (Å²) in [5.74, 6) is 2.39. The molecule has 2 heterocycles. The molecule has 0 atom stereocenters. The maximum Gasteiger partial charge on any atom is 0.157 e. The fourth-order valence-corrected chi connectivity index (χ4v) is 2.06. The molecule has 5 nitrogen and oxygen atoms in total. The molecule has 2 rings (SSSR count). The molecule has 0 aromatic carbocycles. The Hall–Kier alpha value is -1.52. The zero-order chi connectivity index (χ0) is 11.5. The third-order valence-electron chi connectivity index (χ3n) is 3.18. The highest BCUT2D eigenvalue weighted by Crippen LogP contribution is 2.28. The van der Waals surface area contributed by atoms with Crippen LogP contribution in [0, 0.1) is 5.92 Å². The van der Waals surface area contributed by atoms with Crippen molar-refractivity contribution in [2.75, 3.05) is 36.1 Å². The second kappa shape index (κ2) is 4.55. The van der Waals surface area contributed by atoms with Crippen molar-refractivity contribution in [1.29, 1.82) is 0 Å². The third kappa shape index (κ3) is 2.03. The quantitative estimate of drug-likeness (QED) is 0.788. The first-order valence-electron chi connectivity index (χ1n) is 5.75. The number of aromatic nitrogens is 2. The summed E-state index contributed by atoms with van der Waals surface area (Å²) in [6.45, 7) is 4.36. The first-order valence-corrected chi connectivity index (χ1v) is 5.75. The Balaban J connectivity index is 2.20. The number of hydrogen-bond acceptors (Lipinski definition) is 5. The molecule has 1 aliphatic heterocycles. The largest absolute Gasteiger partial charge is 0.393 e. The van der Waals surface area contributed by atoms with E-state index in [-0.39, 0.29) is 0 Å². The van der Waals surface area contributed by atoms with Gasteiger partial charge in [0.25, 0.3) is 0 Å². The number of rotatable bonds is 2. The van der Waals surface area contributed by atoms with Gasteiger partial charge in [0.2, 0.25) is 0 Å². The fraction of sp³-hybridized carbons (Fsp3) is 0.636. The van der Waals surface area contributed by atoms with Crippen LogP contribution in [-0.4, -0.2) is 30.1 Å². The zero-order valence-electron chi connectivity index (χ0n) is 9.90. The second-order valence-electron chi connectivity index (χ2n) is 4.38. The zero-order valence-corrected chi connectivity index (χ0v) is 9.90. The van der Waals surface area contributed by atoms with E-state index >= 15 is 0 Å². The minimum atomic E-state index is 0.652. The Labute approximate surface area is 96.1 Å². The van der Waals surface area contributed by atoms with Gasteiger partial charge in [0, 0.05) is 20.1 Å². The van der Waals surface area contributed by atoms with Crippen molar-refractivity contribution in [3.05, 3.63) is 6.33 Å². The van der Waals surface area contributed by atoms with E-state index < -0.39 is 0 Å². The topological polar surface area (TPSA) is 67.1 Å². The van der Waals surface area contributed by atoms with Crippen molar-refractivity contribution in [1.82, 2.24) is 9.97 Å².